The van der Waals surface area contributed by atoms with Crippen molar-refractivity contribution in [3.8, 4) is 0 Å². The Hall–Kier alpha value is -1.64. The molecule has 0 N–H and O–H groups in total. The van der Waals surface area contributed by atoms with Crippen molar-refractivity contribution in [2.45, 2.75) is 0 Å². The summed E-state index contributed by atoms with van der Waals surface area (Å²) in [6.45, 7) is 0. The molecule has 0 amide bonds. The second-order valence-corrected chi connectivity index (χ2v) is 7.21. The van der Waals surface area contributed by atoms with Gasteiger partial charge in [-0.3, -0.25) is 9.59 Å². The number of hydrogen-bond donors (Lipinski definition) is 0. The van der Waals surface area contributed by atoms with Crippen molar-refractivity contribution in [1.82, 2.24) is 0 Å². The van der Waals surface area contributed by atoms with Crippen molar-refractivity contribution in [1.29, 1.82) is 0 Å². The van der Waals surface area contributed by atoms with E-state index >= 15 is 0 Å². The summed E-state index contributed by atoms with van der Waals surface area (Å²) in [7, 11) is 1.49. The molecule has 1 aromatic carbocycles. The third kappa shape index (κ3) is 0.542. The number of carbonyl (C=O) groups is 2. The first-order chi connectivity index (χ1) is 9.73. The van der Waals surface area contributed by atoms with E-state index in [1.807, 2.05) is 30.3 Å². The quantitative estimate of drug-likeness (QED) is 0.618. The lowest BCUT2D eigenvalue weighted by Crippen LogP contribution is -3.12. The summed E-state index contributed by atoms with van der Waals surface area (Å²) in [4.78, 5) is 24.9. The predicted molar refractivity (Wildman–Crippen MR) is 68.6 cm³/mol. The van der Waals surface area contributed by atoms with Crippen LogP contribution in [0.2, 0.25) is 0 Å². The van der Waals surface area contributed by atoms with Crippen LogP contribution in [0, 0.1) is 46.3 Å². The van der Waals surface area contributed by atoms with E-state index in [1.54, 1.807) is 0 Å². The average Bonchev–Trinajstić information content (AvgIpc) is 2.53. The Morgan fingerprint density at radius 2 is 1.40 bits per heavy atom. The fraction of sp³-hybridized carbons (Fsp3) is 0.529. The van der Waals surface area contributed by atoms with E-state index in [2.05, 4.69) is 0 Å². The number of esters is 1. The SMILES string of the molecule is COC(=O)C12C3C4C1C1C2C3C41C(=O)c1ccccc1. The zero-order valence-electron chi connectivity index (χ0n) is 11.1. The monoisotopic (exact) mass is 266 g/mol. The maximum atomic E-state index is 12.9. The topological polar surface area (TPSA) is 43.4 Å². The van der Waals surface area contributed by atoms with Crippen LogP contribution in [0.5, 0.6) is 0 Å². The molecule has 0 aromatic heterocycles. The molecule has 7 rings (SSSR count). The highest BCUT2D eigenvalue weighted by molar-refractivity contribution is 6.08. The van der Waals surface area contributed by atoms with Gasteiger partial charge in [-0.2, -0.15) is 0 Å². The van der Waals surface area contributed by atoms with E-state index in [1.165, 1.54) is 7.11 Å². The smallest absolute Gasteiger partial charge is 0.312 e. The minimum Gasteiger partial charge on any atom is -0.469 e. The van der Waals surface area contributed by atoms with Crippen molar-refractivity contribution in [3.63, 3.8) is 0 Å². The molecular weight excluding hydrogens is 252 g/mol. The van der Waals surface area contributed by atoms with Crippen LogP contribution in [0.15, 0.2) is 30.3 Å². The Kier molecular flexibility index (Phi) is 1.25. The molecule has 6 saturated carbocycles. The third-order valence-electron chi connectivity index (χ3n) is 7.60. The molecule has 0 atom stereocenters. The number of benzene rings is 1. The summed E-state index contributed by atoms with van der Waals surface area (Å²) in [5.74, 6) is 3.26. The summed E-state index contributed by atoms with van der Waals surface area (Å²) in [5.41, 5.74) is 0.667. The van der Waals surface area contributed by atoms with Gasteiger partial charge in [0, 0.05) is 11.0 Å². The van der Waals surface area contributed by atoms with Crippen LogP contribution >= 0.6 is 0 Å². The van der Waals surface area contributed by atoms with Crippen LogP contribution < -0.4 is 0 Å². The Labute approximate surface area is 116 Å². The number of methoxy groups -OCH3 is 1. The molecule has 6 aliphatic rings. The fourth-order valence-electron chi connectivity index (χ4n) is 7.41. The molecule has 0 unspecified atom stereocenters. The van der Waals surface area contributed by atoms with Gasteiger partial charge in [0.1, 0.15) is 0 Å². The lowest BCUT2D eigenvalue weighted by Gasteiger charge is -3.09. The van der Waals surface area contributed by atoms with E-state index in [9.17, 15) is 9.59 Å². The second-order valence-electron chi connectivity index (χ2n) is 7.21. The van der Waals surface area contributed by atoms with E-state index in [0.29, 0.717) is 41.3 Å². The molecule has 3 nitrogen and oxygen atoms in total. The number of hydrogen-bond acceptors (Lipinski definition) is 3. The first-order valence-electron chi connectivity index (χ1n) is 7.41. The lowest BCUT2D eigenvalue weighted by molar-refractivity contribution is -0.624. The Morgan fingerprint density at radius 3 is 1.90 bits per heavy atom. The van der Waals surface area contributed by atoms with Crippen molar-refractivity contribution >= 4 is 11.8 Å². The van der Waals surface area contributed by atoms with Crippen molar-refractivity contribution in [3.05, 3.63) is 35.9 Å². The van der Waals surface area contributed by atoms with Crippen molar-refractivity contribution < 1.29 is 14.3 Å². The van der Waals surface area contributed by atoms with E-state index < -0.39 is 0 Å². The fourth-order valence-corrected chi connectivity index (χ4v) is 7.41. The maximum absolute atomic E-state index is 12.9. The van der Waals surface area contributed by atoms with Crippen molar-refractivity contribution in [2.75, 3.05) is 7.11 Å². The van der Waals surface area contributed by atoms with Gasteiger partial charge in [-0.1, -0.05) is 30.3 Å². The number of ether oxygens (including phenoxy) is 1. The molecule has 0 aliphatic heterocycles. The molecule has 0 bridgehead atoms. The minimum atomic E-state index is -0.131. The molecule has 0 saturated heterocycles. The van der Waals surface area contributed by atoms with E-state index in [0.717, 1.165) is 5.56 Å². The largest absolute Gasteiger partial charge is 0.469 e. The van der Waals surface area contributed by atoms with Gasteiger partial charge >= 0.3 is 5.97 Å². The zero-order chi connectivity index (χ0) is 13.4. The number of ketones is 1. The van der Waals surface area contributed by atoms with Crippen LogP contribution in [0.4, 0.5) is 0 Å². The molecular formula is C17H14O3. The van der Waals surface area contributed by atoms with Crippen LogP contribution in [0.3, 0.4) is 0 Å². The van der Waals surface area contributed by atoms with Gasteiger partial charge in [0.25, 0.3) is 0 Å². The van der Waals surface area contributed by atoms with Crippen LogP contribution in [0.1, 0.15) is 10.4 Å². The summed E-state index contributed by atoms with van der Waals surface area (Å²) in [6.07, 6.45) is 0. The molecule has 20 heavy (non-hydrogen) atoms. The molecule has 6 aliphatic carbocycles. The van der Waals surface area contributed by atoms with Gasteiger partial charge in [-0.15, -0.1) is 0 Å². The maximum Gasteiger partial charge on any atom is 0.312 e. The van der Waals surface area contributed by atoms with Crippen molar-refractivity contribution in [2.24, 2.45) is 46.3 Å². The number of rotatable bonds is 3. The normalized spacial score (nSPS) is 57.0. The van der Waals surface area contributed by atoms with Crippen LogP contribution in [0.25, 0.3) is 0 Å². The van der Waals surface area contributed by atoms with Crippen LogP contribution in [-0.4, -0.2) is 18.9 Å². The van der Waals surface area contributed by atoms with E-state index in [4.69, 9.17) is 4.74 Å². The first kappa shape index (κ1) is 10.1. The average molecular weight is 266 g/mol. The van der Waals surface area contributed by atoms with Gasteiger partial charge in [0.05, 0.1) is 12.5 Å². The first-order valence-corrected chi connectivity index (χ1v) is 7.41. The standard InChI is InChI=1S/C17H14O3/c1-20-15(19)17-11-8-12(17)10-13(17)9(11)16(8,10)14(18)7-5-3-2-4-6-7/h2-6,8-13H,1H3. The third-order valence-corrected chi connectivity index (χ3v) is 7.60. The van der Waals surface area contributed by atoms with E-state index in [-0.39, 0.29) is 16.8 Å². The molecule has 3 heteroatoms. The highest BCUT2D eigenvalue weighted by Crippen LogP contribution is 3.10. The molecule has 0 radical (unpaired) electrons. The summed E-state index contributed by atoms with van der Waals surface area (Å²) < 4.78 is 5.01. The van der Waals surface area contributed by atoms with Crippen LogP contribution in [-0.2, 0) is 9.53 Å². The highest BCUT2D eigenvalue weighted by atomic mass is 16.5. The minimum absolute atomic E-state index is 0.00158. The zero-order valence-corrected chi connectivity index (χ0v) is 11.1. The molecule has 1 aromatic rings. The Balaban J connectivity index is 1.38. The molecule has 0 heterocycles. The Bertz CT molecular complexity index is 651. The predicted octanol–water partition coefficient (Wildman–Crippen LogP) is 1.78. The lowest BCUT2D eigenvalue weighted by atomic mass is 8.92. The summed E-state index contributed by atoms with van der Waals surface area (Å²) in [5, 5.41) is 0. The second kappa shape index (κ2) is 2.47. The summed E-state index contributed by atoms with van der Waals surface area (Å²) >= 11 is 0. The molecule has 0 spiro atoms. The number of Topliss-reactive ketones (excluding diaryl/α,β-unsaturated/α-hetero) is 1. The molecule has 100 valence electrons. The summed E-state index contributed by atoms with van der Waals surface area (Å²) in [6, 6.07) is 9.68. The van der Waals surface area contributed by atoms with Gasteiger partial charge in [0.15, 0.2) is 5.78 Å². The van der Waals surface area contributed by atoms with Gasteiger partial charge < -0.3 is 4.74 Å². The van der Waals surface area contributed by atoms with Gasteiger partial charge in [-0.25, -0.2) is 0 Å². The number of carbonyl (C=O) groups excluding carboxylic acids is 2. The molecule has 6 fully saturated rings. The van der Waals surface area contributed by atoms with Gasteiger partial charge in [0.2, 0.25) is 0 Å². The Morgan fingerprint density at radius 1 is 0.900 bits per heavy atom. The van der Waals surface area contributed by atoms with Gasteiger partial charge in [-0.05, 0) is 35.5 Å². The highest BCUT2D eigenvalue weighted by Gasteiger charge is 3.13.